The lowest BCUT2D eigenvalue weighted by molar-refractivity contribution is 0.632. The summed E-state index contributed by atoms with van der Waals surface area (Å²) in [4.78, 5) is 17.1. The highest BCUT2D eigenvalue weighted by Crippen LogP contribution is 2.17. The van der Waals surface area contributed by atoms with E-state index in [1.54, 1.807) is 12.3 Å². The van der Waals surface area contributed by atoms with Crippen LogP contribution in [0.25, 0.3) is 0 Å². The van der Waals surface area contributed by atoms with Gasteiger partial charge in [0, 0.05) is 13.1 Å². The number of pyridine rings is 1. The predicted octanol–water partition coefficient (Wildman–Crippen LogP) is 4.67. The van der Waals surface area contributed by atoms with Crippen LogP contribution in [0, 0.1) is 4.91 Å². The van der Waals surface area contributed by atoms with E-state index in [1.165, 1.54) is 38.5 Å². The first kappa shape index (κ1) is 15.6. The Hall–Kier alpha value is -1.45. The van der Waals surface area contributed by atoms with Crippen LogP contribution in [0.2, 0.25) is 0 Å². The first-order valence-corrected chi connectivity index (χ1v) is 7.36. The maximum atomic E-state index is 10.4. The molecule has 0 amide bonds. The molecular weight excluding hydrogens is 238 g/mol. The van der Waals surface area contributed by atoms with Crippen molar-refractivity contribution < 1.29 is 0 Å². The molecule has 19 heavy (non-hydrogen) atoms. The van der Waals surface area contributed by atoms with Gasteiger partial charge in [0.05, 0.1) is 6.20 Å². The number of unbranched alkanes of at least 4 members (excludes halogenated alkanes) is 4. The molecule has 0 spiro atoms. The van der Waals surface area contributed by atoms with Crippen molar-refractivity contribution in [2.24, 2.45) is 5.18 Å². The number of rotatable bonds is 10. The Bertz CT molecular complexity index is 341. The van der Waals surface area contributed by atoms with Crippen LogP contribution in [0.1, 0.15) is 52.4 Å². The third-order valence-electron chi connectivity index (χ3n) is 3.22. The molecule has 0 aliphatic carbocycles. The molecular formula is C15H25N3O. The maximum Gasteiger partial charge on any atom is 0.128 e. The fourth-order valence-corrected chi connectivity index (χ4v) is 2.07. The quantitative estimate of drug-likeness (QED) is 0.455. The van der Waals surface area contributed by atoms with E-state index in [1.807, 2.05) is 6.07 Å². The highest BCUT2D eigenvalue weighted by molar-refractivity contribution is 5.45. The van der Waals surface area contributed by atoms with Crippen LogP contribution < -0.4 is 4.90 Å². The van der Waals surface area contributed by atoms with Gasteiger partial charge in [-0.3, -0.25) is 0 Å². The summed E-state index contributed by atoms with van der Waals surface area (Å²) in [6, 6.07) is 3.64. The first-order valence-electron chi connectivity index (χ1n) is 7.36. The van der Waals surface area contributed by atoms with Gasteiger partial charge in [-0.2, -0.15) is 0 Å². The lowest BCUT2D eigenvalue weighted by Gasteiger charge is -2.23. The van der Waals surface area contributed by atoms with Gasteiger partial charge in [0.2, 0.25) is 0 Å². The molecule has 0 bridgehead atoms. The normalized spacial score (nSPS) is 10.4. The number of nitroso groups, excluding NO2 is 1. The highest BCUT2D eigenvalue weighted by Gasteiger charge is 2.07. The van der Waals surface area contributed by atoms with Gasteiger partial charge in [0.15, 0.2) is 0 Å². The second-order valence-electron chi connectivity index (χ2n) is 4.87. The van der Waals surface area contributed by atoms with E-state index in [0.717, 1.165) is 18.9 Å². The van der Waals surface area contributed by atoms with E-state index in [-0.39, 0.29) is 0 Å². The van der Waals surface area contributed by atoms with E-state index in [9.17, 15) is 4.91 Å². The standard InChI is InChI=1S/C15H25N3O/c1-3-5-7-11-18(12-8-6-4-2)15-10-9-14(17-19)13-16-15/h9-10,13H,3-8,11-12H2,1-2H3. The van der Waals surface area contributed by atoms with Gasteiger partial charge in [-0.05, 0) is 30.2 Å². The Kier molecular flexibility index (Phi) is 7.78. The average molecular weight is 263 g/mol. The van der Waals surface area contributed by atoms with Crippen molar-refractivity contribution in [3.05, 3.63) is 23.2 Å². The van der Waals surface area contributed by atoms with Crippen molar-refractivity contribution in [1.82, 2.24) is 4.98 Å². The predicted molar refractivity (Wildman–Crippen MR) is 81.0 cm³/mol. The van der Waals surface area contributed by atoms with Crippen LogP contribution in [0.5, 0.6) is 0 Å². The van der Waals surface area contributed by atoms with Gasteiger partial charge in [-0.25, -0.2) is 4.98 Å². The second kappa shape index (κ2) is 9.48. The molecule has 1 rings (SSSR count). The van der Waals surface area contributed by atoms with Gasteiger partial charge in [-0.15, -0.1) is 4.91 Å². The fraction of sp³-hybridized carbons (Fsp3) is 0.667. The molecule has 0 saturated heterocycles. The first-order chi connectivity index (χ1) is 9.31. The molecule has 0 N–H and O–H groups in total. The van der Waals surface area contributed by atoms with Crippen molar-refractivity contribution in [2.75, 3.05) is 18.0 Å². The number of hydrogen-bond acceptors (Lipinski definition) is 4. The lowest BCUT2D eigenvalue weighted by atomic mass is 10.2. The summed E-state index contributed by atoms with van der Waals surface area (Å²) < 4.78 is 0. The Balaban J connectivity index is 2.60. The Morgan fingerprint density at radius 3 is 2.11 bits per heavy atom. The largest absolute Gasteiger partial charge is 0.357 e. The molecule has 4 nitrogen and oxygen atoms in total. The van der Waals surface area contributed by atoms with Crippen LogP contribution in [0.15, 0.2) is 23.5 Å². The van der Waals surface area contributed by atoms with Crippen LogP contribution in [0.3, 0.4) is 0 Å². The third kappa shape index (κ3) is 5.81. The SMILES string of the molecule is CCCCCN(CCCCC)c1ccc(N=O)cn1. The van der Waals surface area contributed by atoms with Crippen molar-refractivity contribution in [3.8, 4) is 0 Å². The zero-order valence-corrected chi connectivity index (χ0v) is 12.1. The van der Waals surface area contributed by atoms with Crippen molar-refractivity contribution >= 4 is 11.5 Å². The molecule has 0 saturated carbocycles. The van der Waals surface area contributed by atoms with E-state index < -0.39 is 0 Å². The number of nitrogens with zero attached hydrogens (tertiary/aromatic N) is 3. The zero-order chi connectivity index (χ0) is 13.9. The number of anilines is 1. The van der Waals surface area contributed by atoms with Gasteiger partial charge < -0.3 is 4.90 Å². The minimum absolute atomic E-state index is 0.394. The van der Waals surface area contributed by atoms with Crippen LogP contribution >= 0.6 is 0 Å². The molecule has 1 heterocycles. The summed E-state index contributed by atoms with van der Waals surface area (Å²) >= 11 is 0. The fourth-order valence-electron chi connectivity index (χ4n) is 2.07. The summed E-state index contributed by atoms with van der Waals surface area (Å²) in [5.74, 6) is 0.958. The molecule has 0 aromatic carbocycles. The number of hydrogen-bond donors (Lipinski definition) is 0. The summed E-state index contributed by atoms with van der Waals surface area (Å²) in [6.07, 6.45) is 8.88. The number of aromatic nitrogens is 1. The smallest absolute Gasteiger partial charge is 0.128 e. The highest BCUT2D eigenvalue weighted by atomic mass is 16.3. The molecule has 0 fully saturated rings. The molecule has 0 radical (unpaired) electrons. The van der Waals surface area contributed by atoms with Gasteiger partial charge in [0.1, 0.15) is 11.5 Å². The zero-order valence-electron chi connectivity index (χ0n) is 12.1. The topological polar surface area (TPSA) is 45.6 Å². The van der Waals surface area contributed by atoms with E-state index >= 15 is 0 Å². The van der Waals surface area contributed by atoms with Crippen LogP contribution in [0.4, 0.5) is 11.5 Å². The Labute approximate surface area is 116 Å². The monoisotopic (exact) mass is 263 g/mol. The van der Waals surface area contributed by atoms with Crippen LogP contribution in [-0.2, 0) is 0 Å². The average Bonchev–Trinajstić information content (AvgIpc) is 2.46. The molecule has 106 valence electrons. The van der Waals surface area contributed by atoms with Crippen molar-refractivity contribution in [1.29, 1.82) is 0 Å². The molecule has 0 aliphatic heterocycles. The molecule has 1 aromatic heterocycles. The van der Waals surface area contributed by atoms with Gasteiger partial charge in [-0.1, -0.05) is 39.5 Å². The molecule has 0 atom stereocenters. The minimum atomic E-state index is 0.394. The van der Waals surface area contributed by atoms with E-state index in [4.69, 9.17) is 0 Å². The lowest BCUT2D eigenvalue weighted by Crippen LogP contribution is -2.26. The summed E-state index contributed by atoms with van der Waals surface area (Å²) in [5.41, 5.74) is 0.394. The van der Waals surface area contributed by atoms with Gasteiger partial charge in [0.25, 0.3) is 0 Å². The van der Waals surface area contributed by atoms with E-state index in [2.05, 4.69) is 28.9 Å². The molecule has 0 aliphatic rings. The summed E-state index contributed by atoms with van der Waals surface area (Å²) in [6.45, 7) is 6.51. The summed E-state index contributed by atoms with van der Waals surface area (Å²) in [5, 5.41) is 2.89. The van der Waals surface area contributed by atoms with Crippen molar-refractivity contribution in [2.45, 2.75) is 52.4 Å². The summed E-state index contributed by atoms with van der Waals surface area (Å²) in [7, 11) is 0. The Morgan fingerprint density at radius 2 is 1.68 bits per heavy atom. The van der Waals surface area contributed by atoms with Gasteiger partial charge >= 0.3 is 0 Å². The Morgan fingerprint density at radius 1 is 1.05 bits per heavy atom. The van der Waals surface area contributed by atoms with Crippen molar-refractivity contribution in [3.63, 3.8) is 0 Å². The third-order valence-corrected chi connectivity index (χ3v) is 3.22. The molecule has 4 heteroatoms. The maximum absolute atomic E-state index is 10.4. The molecule has 1 aromatic rings. The minimum Gasteiger partial charge on any atom is -0.357 e. The molecule has 0 unspecified atom stereocenters. The second-order valence-corrected chi connectivity index (χ2v) is 4.87. The van der Waals surface area contributed by atoms with Crippen LogP contribution in [-0.4, -0.2) is 18.1 Å². The van der Waals surface area contributed by atoms with E-state index in [0.29, 0.717) is 5.69 Å².